The second-order valence-electron chi connectivity index (χ2n) is 10.7. The van der Waals surface area contributed by atoms with Crippen LogP contribution in [0.4, 0.5) is 15.2 Å². The van der Waals surface area contributed by atoms with Gasteiger partial charge in [0, 0.05) is 16.3 Å². The number of aromatic nitrogens is 2. The molecule has 2 aliphatic rings. The van der Waals surface area contributed by atoms with Gasteiger partial charge >= 0.3 is 0 Å². The molecule has 4 aromatic carbocycles. The summed E-state index contributed by atoms with van der Waals surface area (Å²) in [6, 6.07) is 27.0. The summed E-state index contributed by atoms with van der Waals surface area (Å²) in [6.45, 7) is 0.0726. The SMILES string of the molecule is O=C1c2oc3ccccc3c(=O)c2C2(C(=O)N(Cc3ccc(F)cc3)c3ccccc32)N1c1nnc(SCc2ccccc2Cl)s1. The van der Waals surface area contributed by atoms with Gasteiger partial charge in [-0.25, -0.2) is 4.39 Å². The Morgan fingerprint density at radius 3 is 2.46 bits per heavy atom. The number of hydrogen-bond donors (Lipinski definition) is 0. The van der Waals surface area contributed by atoms with Crippen molar-refractivity contribution in [2.75, 3.05) is 9.80 Å². The molecule has 2 aromatic heterocycles. The van der Waals surface area contributed by atoms with E-state index in [9.17, 15) is 14.0 Å². The average Bonchev–Trinajstić information content (AvgIpc) is 3.71. The van der Waals surface area contributed by atoms with Crippen molar-refractivity contribution in [2.45, 2.75) is 22.2 Å². The van der Waals surface area contributed by atoms with E-state index in [4.69, 9.17) is 16.0 Å². The lowest BCUT2D eigenvalue weighted by Gasteiger charge is -2.32. The number of halogens is 2. The van der Waals surface area contributed by atoms with E-state index >= 15 is 4.79 Å². The summed E-state index contributed by atoms with van der Waals surface area (Å²) >= 11 is 8.88. The van der Waals surface area contributed by atoms with Crippen molar-refractivity contribution in [2.24, 2.45) is 0 Å². The first kappa shape index (κ1) is 28.6. The van der Waals surface area contributed by atoms with Crippen LogP contribution < -0.4 is 15.2 Å². The van der Waals surface area contributed by atoms with Crippen molar-refractivity contribution in [1.29, 1.82) is 0 Å². The Morgan fingerprint density at radius 1 is 0.891 bits per heavy atom. The molecule has 0 radical (unpaired) electrons. The molecular weight excluding hydrogens is 647 g/mol. The third-order valence-corrected chi connectivity index (χ3v) is 10.6. The van der Waals surface area contributed by atoms with Gasteiger partial charge in [0.25, 0.3) is 11.8 Å². The van der Waals surface area contributed by atoms with E-state index in [0.29, 0.717) is 31.9 Å². The van der Waals surface area contributed by atoms with Crippen LogP contribution in [-0.4, -0.2) is 22.0 Å². The van der Waals surface area contributed by atoms with Gasteiger partial charge in [-0.2, -0.15) is 0 Å². The first-order chi connectivity index (χ1) is 22.4. The highest BCUT2D eigenvalue weighted by molar-refractivity contribution is 8.00. The monoisotopic (exact) mass is 666 g/mol. The van der Waals surface area contributed by atoms with Crippen LogP contribution in [0.25, 0.3) is 11.0 Å². The number of carbonyl (C=O) groups is 2. The molecule has 6 aromatic rings. The molecule has 2 aliphatic heterocycles. The van der Waals surface area contributed by atoms with Gasteiger partial charge in [-0.15, -0.1) is 10.2 Å². The van der Waals surface area contributed by atoms with E-state index in [0.717, 1.165) is 16.9 Å². The first-order valence-electron chi connectivity index (χ1n) is 14.1. The first-order valence-corrected chi connectivity index (χ1v) is 16.3. The third kappa shape index (κ3) is 4.23. The van der Waals surface area contributed by atoms with Gasteiger partial charge in [0.2, 0.25) is 10.9 Å². The van der Waals surface area contributed by atoms with Crippen LogP contribution in [-0.2, 0) is 22.6 Å². The van der Waals surface area contributed by atoms with Gasteiger partial charge < -0.3 is 9.32 Å². The van der Waals surface area contributed by atoms with Crippen LogP contribution >= 0.6 is 34.7 Å². The molecule has 46 heavy (non-hydrogen) atoms. The lowest BCUT2D eigenvalue weighted by Crippen LogP contribution is -2.53. The largest absolute Gasteiger partial charge is 0.450 e. The zero-order chi connectivity index (χ0) is 31.6. The van der Waals surface area contributed by atoms with Crippen molar-refractivity contribution in [3.8, 4) is 0 Å². The lowest BCUT2D eigenvalue weighted by atomic mass is 9.84. The van der Waals surface area contributed by atoms with E-state index < -0.39 is 28.6 Å². The summed E-state index contributed by atoms with van der Waals surface area (Å²) in [6.07, 6.45) is 0. The second-order valence-corrected chi connectivity index (χ2v) is 13.3. The molecule has 1 spiro atoms. The van der Waals surface area contributed by atoms with E-state index in [1.807, 2.05) is 24.3 Å². The molecule has 8 rings (SSSR count). The van der Waals surface area contributed by atoms with E-state index in [2.05, 4.69) is 10.2 Å². The summed E-state index contributed by atoms with van der Waals surface area (Å²) in [7, 11) is 0. The Morgan fingerprint density at radius 2 is 1.63 bits per heavy atom. The van der Waals surface area contributed by atoms with Crippen molar-refractivity contribution in [3.63, 3.8) is 0 Å². The minimum atomic E-state index is -1.92. The molecule has 0 saturated carbocycles. The summed E-state index contributed by atoms with van der Waals surface area (Å²) in [4.78, 5) is 46.6. The number of thioether (sulfide) groups is 1. The van der Waals surface area contributed by atoms with Gasteiger partial charge in [0.1, 0.15) is 11.4 Å². The van der Waals surface area contributed by atoms with E-state index in [1.54, 1.807) is 60.7 Å². The topological polar surface area (TPSA) is 96.6 Å². The Bertz CT molecular complexity index is 2270. The highest BCUT2D eigenvalue weighted by atomic mass is 35.5. The predicted molar refractivity (Wildman–Crippen MR) is 175 cm³/mol. The maximum Gasteiger partial charge on any atom is 0.297 e. The van der Waals surface area contributed by atoms with E-state index in [1.165, 1.54) is 33.7 Å². The maximum atomic E-state index is 15.0. The van der Waals surface area contributed by atoms with Crippen molar-refractivity contribution >= 4 is 68.3 Å². The minimum Gasteiger partial charge on any atom is -0.450 e. The number of para-hydroxylation sites is 2. The van der Waals surface area contributed by atoms with Crippen LogP contribution in [0, 0.1) is 5.82 Å². The Labute approximate surface area is 274 Å². The Balaban J connectivity index is 1.31. The molecule has 0 fully saturated rings. The molecule has 0 N–H and O–H groups in total. The lowest BCUT2D eigenvalue weighted by molar-refractivity contribution is -0.121. The molecule has 12 heteroatoms. The fourth-order valence-corrected chi connectivity index (χ4v) is 8.32. The van der Waals surface area contributed by atoms with Crippen molar-refractivity contribution in [1.82, 2.24) is 10.2 Å². The summed E-state index contributed by atoms with van der Waals surface area (Å²) in [5.41, 5.74) is 0.255. The van der Waals surface area contributed by atoms with Gasteiger partial charge in [0.15, 0.2) is 15.3 Å². The highest BCUT2D eigenvalue weighted by Gasteiger charge is 2.66. The molecule has 0 bridgehead atoms. The van der Waals surface area contributed by atoms with Crippen LogP contribution in [0.1, 0.15) is 32.8 Å². The summed E-state index contributed by atoms with van der Waals surface area (Å²) in [5, 5.41) is 9.70. The number of carbonyl (C=O) groups excluding carboxylic acids is 2. The molecule has 8 nitrogen and oxygen atoms in total. The fourth-order valence-electron chi connectivity index (χ4n) is 6.15. The molecule has 1 unspecified atom stereocenters. The van der Waals surface area contributed by atoms with Crippen LogP contribution in [0.3, 0.4) is 0 Å². The molecule has 1 atom stereocenters. The zero-order valence-corrected chi connectivity index (χ0v) is 26.0. The highest BCUT2D eigenvalue weighted by Crippen LogP contribution is 2.55. The molecular formula is C34H20ClFN4O4S2. The van der Waals surface area contributed by atoms with Gasteiger partial charge in [0.05, 0.1) is 23.2 Å². The number of anilines is 2. The summed E-state index contributed by atoms with van der Waals surface area (Å²) < 4.78 is 20.4. The third-order valence-electron chi connectivity index (χ3n) is 8.18. The number of hydrogen-bond acceptors (Lipinski definition) is 8. The van der Waals surface area contributed by atoms with Crippen LogP contribution in [0.15, 0.2) is 111 Å². The fraction of sp³-hybridized carbons (Fsp3) is 0.0882. The number of amides is 2. The zero-order valence-electron chi connectivity index (χ0n) is 23.6. The van der Waals surface area contributed by atoms with Crippen LogP contribution in [0.2, 0.25) is 5.02 Å². The summed E-state index contributed by atoms with van der Waals surface area (Å²) in [5.74, 6) is -1.34. The molecule has 226 valence electrons. The van der Waals surface area contributed by atoms with Gasteiger partial charge in [-0.1, -0.05) is 95.4 Å². The van der Waals surface area contributed by atoms with Crippen molar-refractivity contribution in [3.05, 3.63) is 146 Å². The Kier molecular flexibility index (Phi) is 6.78. The number of fused-ring (bicyclic) bond motifs is 5. The van der Waals surface area contributed by atoms with Crippen LogP contribution in [0.5, 0.6) is 0 Å². The second kappa shape index (κ2) is 10.9. The Hall–Kier alpha value is -4.84. The smallest absolute Gasteiger partial charge is 0.297 e. The molecule has 0 saturated heterocycles. The van der Waals surface area contributed by atoms with Gasteiger partial charge in [-0.05, 0) is 47.5 Å². The molecule has 0 aliphatic carbocycles. The number of nitrogens with zero attached hydrogens (tertiary/aromatic N) is 4. The van der Waals surface area contributed by atoms with E-state index in [-0.39, 0.29) is 34.0 Å². The molecule has 4 heterocycles. The number of benzene rings is 4. The standard InChI is InChI=1S/C34H20ClFN4O4S2/c35-24-10-4-1-7-20(24)18-45-33-38-37-32(46-33)40-30(42)29-27(28(41)22-8-2-6-12-26(22)44-29)34(40)23-9-3-5-11-25(23)39(31(34)43)17-19-13-15-21(36)16-14-19/h1-16H,17-18H2. The van der Waals surface area contributed by atoms with Gasteiger partial charge in [-0.3, -0.25) is 19.3 Å². The predicted octanol–water partition coefficient (Wildman–Crippen LogP) is 7.18. The average molecular weight is 667 g/mol. The normalized spacial score (nSPS) is 16.9. The quantitative estimate of drug-likeness (QED) is 0.137. The molecule has 2 amide bonds. The minimum absolute atomic E-state index is 0.0726. The van der Waals surface area contributed by atoms with Crippen molar-refractivity contribution < 1.29 is 18.4 Å². The number of rotatable bonds is 6. The maximum absolute atomic E-state index is 15.0.